The third-order valence-electron chi connectivity index (χ3n) is 4.38. The van der Waals surface area contributed by atoms with Crippen molar-refractivity contribution < 1.29 is 4.79 Å². The highest BCUT2D eigenvalue weighted by molar-refractivity contribution is 7.99. The van der Waals surface area contributed by atoms with Crippen LogP contribution in [0.1, 0.15) is 11.3 Å². The van der Waals surface area contributed by atoms with Crippen LogP contribution in [0.2, 0.25) is 0 Å². The van der Waals surface area contributed by atoms with Crippen molar-refractivity contribution in [2.24, 2.45) is 0 Å². The minimum atomic E-state index is -0.0690. The lowest BCUT2D eigenvalue weighted by Crippen LogP contribution is -2.14. The van der Waals surface area contributed by atoms with Gasteiger partial charge in [0.25, 0.3) is 0 Å². The first-order valence-corrected chi connectivity index (χ1v) is 11.2. The molecule has 30 heavy (non-hydrogen) atoms. The van der Waals surface area contributed by atoms with Crippen molar-refractivity contribution in [3.8, 4) is 21.1 Å². The van der Waals surface area contributed by atoms with Crippen LogP contribution >= 0.6 is 23.1 Å². The molecule has 1 amide bonds. The first-order valence-electron chi connectivity index (χ1n) is 9.45. The second-order valence-corrected chi connectivity index (χ2v) is 8.75. The normalized spacial score (nSPS) is 10.7. The van der Waals surface area contributed by atoms with Gasteiger partial charge in [-0.1, -0.05) is 59.8 Å². The van der Waals surface area contributed by atoms with Gasteiger partial charge in [0.05, 0.1) is 16.3 Å². The summed E-state index contributed by atoms with van der Waals surface area (Å²) in [7, 11) is 0. The number of thiazole rings is 1. The maximum Gasteiger partial charge on any atom is 0.234 e. The number of thioether (sulfide) groups is 1. The summed E-state index contributed by atoms with van der Waals surface area (Å²) in [5.41, 5.74) is 4.77. The van der Waals surface area contributed by atoms with Gasteiger partial charge in [-0.15, -0.1) is 21.5 Å². The number of hydrogen-bond donors (Lipinski definition) is 1. The number of aromatic nitrogens is 3. The Kier molecular flexibility index (Phi) is 6.21. The summed E-state index contributed by atoms with van der Waals surface area (Å²) in [5.74, 6) is 0.208. The molecule has 0 aliphatic carbocycles. The van der Waals surface area contributed by atoms with Crippen LogP contribution in [-0.4, -0.2) is 26.8 Å². The first-order chi connectivity index (χ1) is 14.6. The van der Waals surface area contributed by atoms with Crippen LogP contribution in [0.4, 0.5) is 5.69 Å². The van der Waals surface area contributed by atoms with Gasteiger partial charge in [-0.05, 0) is 38.1 Å². The molecule has 0 bridgehead atoms. The van der Waals surface area contributed by atoms with Gasteiger partial charge in [0.1, 0.15) is 15.7 Å². The van der Waals surface area contributed by atoms with E-state index in [1.807, 2.05) is 68.4 Å². The molecule has 0 atom stereocenters. The molecule has 4 rings (SSSR count). The molecule has 0 radical (unpaired) electrons. The van der Waals surface area contributed by atoms with E-state index in [-0.39, 0.29) is 11.7 Å². The van der Waals surface area contributed by atoms with Crippen molar-refractivity contribution in [1.82, 2.24) is 15.2 Å². The molecule has 0 aliphatic rings. The molecule has 0 saturated heterocycles. The molecule has 0 spiro atoms. The van der Waals surface area contributed by atoms with E-state index in [9.17, 15) is 4.79 Å². The van der Waals surface area contributed by atoms with Gasteiger partial charge in [0.2, 0.25) is 5.91 Å². The molecule has 2 aromatic carbocycles. The molecule has 0 unspecified atom stereocenters. The van der Waals surface area contributed by atoms with Crippen LogP contribution in [0.3, 0.4) is 0 Å². The van der Waals surface area contributed by atoms with E-state index in [1.165, 1.54) is 11.8 Å². The number of carbonyl (C=O) groups is 1. The molecule has 5 nitrogen and oxygen atoms in total. The fourth-order valence-corrected chi connectivity index (χ4v) is 4.48. The second-order valence-electron chi connectivity index (χ2n) is 6.76. The molecule has 7 heteroatoms. The zero-order valence-corrected chi connectivity index (χ0v) is 18.3. The Morgan fingerprint density at radius 3 is 2.43 bits per heavy atom. The SMILES string of the molecule is Cc1ccc(NC(=O)CSc2ccc(-c3sc(-c4ccccc4)nc3C)nn2)cc1. The third kappa shape index (κ3) is 4.93. The van der Waals surface area contributed by atoms with Crippen LogP contribution in [0.5, 0.6) is 0 Å². The van der Waals surface area contributed by atoms with E-state index in [4.69, 9.17) is 0 Å². The molecule has 0 fully saturated rings. The van der Waals surface area contributed by atoms with Crippen molar-refractivity contribution >= 4 is 34.7 Å². The van der Waals surface area contributed by atoms with Crippen LogP contribution in [0.25, 0.3) is 21.1 Å². The minimum absolute atomic E-state index is 0.0690. The summed E-state index contributed by atoms with van der Waals surface area (Å²) in [5, 5.41) is 13.2. The third-order valence-corrected chi connectivity index (χ3v) is 6.53. The zero-order chi connectivity index (χ0) is 20.9. The molecule has 0 aliphatic heterocycles. The number of anilines is 1. The lowest BCUT2D eigenvalue weighted by atomic mass is 10.2. The van der Waals surface area contributed by atoms with Gasteiger partial charge in [-0.3, -0.25) is 4.79 Å². The molecule has 1 N–H and O–H groups in total. The Balaban J connectivity index is 1.39. The number of rotatable bonds is 6. The molecule has 2 heterocycles. The van der Waals surface area contributed by atoms with E-state index in [2.05, 4.69) is 32.6 Å². The van der Waals surface area contributed by atoms with E-state index in [0.717, 1.165) is 38.1 Å². The predicted molar refractivity (Wildman–Crippen MR) is 124 cm³/mol. The van der Waals surface area contributed by atoms with E-state index >= 15 is 0 Å². The molecule has 2 aromatic heterocycles. The zero-order valence-electron chi connectivity index (χ0n) is 16.6. The summed E-state index contributed by atoms with van der Waals surface area (Å²) < 4.78 is 0. The highest BCUT2D eigenvalue weighted by atomic mass is 32.2. The lowest BCUT2D eigenvalue weighted by Gasteiger charge is -2.05. The smallest absolute Gasteiger partial charge is 0.234 e. The number of aryl methyl sites for hydroxylation is 2. The van der Waals surface area contributed by atoms with Gasteiger partial charge in [0.15, 0.2) is 0 Å². The number of nitrogens with zero attached hydrogens (tertiary/aromatic N) is 3. The molecule has 4 aromatic rings. The fourth-order valence-electron chi connectivity index (χ4n) is 2.83. The van der Waals surface area contributed by atoms with Crippen molar-refractivity contribution in [3.63, 3.8) is 0 Å². The molecular formula is C23H20N4OS2. The fraction of sp³-hybridized carbons (Fsp3) is 0.130. The summed E-state index contributed by atoms with van der Waals surface area (Å²) in [6, 6.07) is 21.7. The summed E-state index contributed by atoms with van der Waals surface area (Å²) >= 11 is 2.97. The number of carbonyl (C=O) groups excluding carboxylic acids is 1. The Labute approximate surface area is 183 Å². The van der Waals surface area contributed by atoms with Gasteiger partial charge >= 0.3 is 0 Å². The molecule has 0 saturated carbocycles. The average Bonchev–Trinajstić information content (AvgIpc) is 3.16. The van der Waals surface area contributed by atoms with E-state index in [0.29, 0.717) is 5.03 Å². The molecule has 150 valence electrons. The highest BCUT2D eigenvalue weighted by Crippen LogP contribution is 2.34. The van der Waals surface area contributed by atoms with Crippen molar-refractivity contribution in [3.05, 3.63) is 78.0 Å². The molecular weight excluding hydrogens is 412 g/mol. The van der Waals surface area contributed by atoms with E-state index in [1.54, 1.807) is 11.3 Å². The minimum Gasteiger partial charge on any atom is -0.325 e. The standard InChI is InChI=1S/C23H20N4OS2/c1-15-8-10-18(11-9-15)25-20(28)14-29-21-13-12-19(26-27-21)22-16(2)24-23(30-22)17-6-4-3-5-7-17/h3-13H,14H2,1-2H3,(H,25,28). The second kappa shape index (κ2) is 9.19. The predicted octanol–water partition coefficient (Wildman–Crippen LogP) is 5.61. The van der Waals surface area contributed by atoms with Crippen LogP contribution in [0, 0.1) is 13.8 Å². The number of hydrogen-bond acceptors (Lipinski definition) is 6. The van der Waals surface area contributed by atoms with Crippen LogP contribution < -0.4 is 5.32 Å². The Morgan fingerprint density at radius 1 is 0.967 bits per heavy atom. The number of nitrogens with one attached hydrogen (secondary N) is 1. The largest absolute Gasteiger partial charge is 0.325 e. The summed E-state index contributed by atoms with van der Waals surface area (Å²) in [6.45, 7) is 4.00. The Morgan fingerprint density at radius 2 is 1.73 bits per heavy atom. The van der Waals surface area contributed by atoms with E-state index < -0.39 is 0 Å². The monoisotopic (exact) mass is 432 g/mol. The van der Waals surface area contributed by atoms with Crippen LogP contribution in [0.15, 0.2) is 71.8 Å². The average molecular weight is 433 g/mol. The van der Waals surface area contributed by atoms with Crippen molar-refractivity contribution in [2.45, 2.75) is 18.9 Å². The topological polar surface area (TPSA) is 67.8 Å². The number of amides is 1. The number of benzene rings is 2. The van der Waals surface area contributed by atoms with Gasteiger partial charge in [0, 0.05) is 11.3 Å². The van der Waals surface area contributed by atoms with Gasteiger partial charge in [-0.25, -0.2) is 4.98 Å². The van der Waals surface area contributed by atoms with Crippen molar-refractivity contribution in [1.29, 1.82) is 0 Å². The van der Waals surface area contributed by atoms with Crippen LogP contribution in [-0.2, 0) is 4.79 Å². The lowest BCUT2D eigenvalue weighted by molar-refractivity contribution is -0.113. The van der Waals surface area contributed by atoms with Gasteiger partial charge < -0.3 is 5.32 Å². The summed E-state index contributed by atoms with van der Waals surface area (Å²) in [4.78, 5) is 17.8. The van der Waals surface area contributed by atoms with Gasteiger partial charge in [-0.2, -0.15) is 0 Å². The summed E-state index contributed by atoms with van der Waals surface area (Å²) in [6.07, 6.45) is 0. The first kappa shape index (κ1) is 20.3. The highest BCUT2D eigenvalue weighted by Gasteiger charge is 2.13. The van der Waals surface area contributed by atoms with Crippen molar-refractivity contribution in [2.75, 3.05) is 11.1 Å². The Hall–Kier alpha value is -3.03. The Bertz CT molecular complexity index is 1140. The maximum absolute atomic E-state index is 12.2. The maximum atomic E-state index is 12.2. The quantitative estimate of drug-likeness (QED) is 0.401.